The van der Waals surface area contributed by atoms with Crippen molar-refractivity contribution in [1.82, 2.24) is 4.98 Å². The van der Waals surface area contributed by atoms with Crippen molar-refractivity contribution in [2.45, 2.75) is 6.18 Å². The van der Waals surface area contributed by atoms with Crippen LogP contribution in [-0.2, 0) is 11.0 Å². The average molecular weight is 462 g/mol. The number of aromatic nitrogens is 1. The smallest absolute Gasteiger partial charge is 0.322 e. The minimum atomic E-state index is -4.45. The molecule has 0 radical (unpaired) electrons. The van der Waals surface area contributed by atoms with Crippen molar-refractivity contribution in [3.8, 4) is 0 Å². The van der Waals surface area contributed by atoms with Crippen LogP contribution in [0.2, 0.25) is 0 Å². The Balaban J connectivity index is 1.61. The van der Waals surface area contributed by atoms with Crippen molar-refractivity contribution in [2.75, 3.05) is 5.32 Å². The maximum absolute atomic E-state index is 13.4. The van der Waals surface area contributed by atoms with E-state index in [9.17, 15) is 22.4 Å². The molecule has 4 aromatic rings. The second kappa shape index (κ2) is 9.70. The summed E-state index contributed by atoms with van der Waals surface area (Å²) in [6, 6.07) is 17.5. The van der Waals surface area contributed by atoms with E-state index in [0.717, 1.165) is 22.9 Å². The lowest BCUT2D eigenvalue weighted by Crippen LogP contribution is -2.08. The summed E-state index contributed by atoms with van der Waals surface area (Å²) in [5.41, 5.74) is 1.47. The van der Waals surface area contributed by atoms with Crippen molar-refractivity contribution in [3.63, 3.8) is 0 Å². The maximum atomic E-state index is 13.4. The molecule has 1 amide bonds. The fraction of sp³-hybridized carbons (Fsp3) is 0.0370. The van der Waals surface area contributed by atoms with E-state index >= 15 is 0 Å². The summed E-state index contributed by atoms with van der Waals surface area (Å²) in [6.45, 7) is 0. The van der Waals surface area contributed by atoms with E-state index < -0.39 is 17.6 Å². The normalized spacial score (nSPS) is 12.3. The topological polar surface area (TPSA) is 42.0 Å². The predicted molar refractivity (Wildman–Crippen MR) is 124 cm³/mol. The summed E-state index contributed by atoms with van der Waals surface area (Å²) < 4.78 is 52.2. The van der Waals surface area contributed by atoms with Crippen LogP contribution < -0.4 is 5.32 Å². The molecule has 0 aliphatic heterocycles. The number of rotatable bonds is 5. The molecule has 0 aliphatic rings. The summed E-state index contributed by atoms with van der Waals surface area (Å²) in [6.07, 6.45) is 3.29. The fourth-order valence-electron chi connectivity index (χ4n) is 3.47. The first-order valence-electron chi connectivity index (χ1n) is 10.3. The number of fused-ring (bicyclic) bond motifs is 1. The molecule has 0 saturated heterocycles. The first-order chi connectivity index (χ1) is 16.3. The molecule has 170 valence electrons. The number of allylic oxidation sites excluding steroid dienone is 2. The molecule has 0 bridgehead atoms. The Morgan fingerprint density at radius 1 is 0.882 bits per heavy atom. The van der Waals surface area contributed by atoms with Gasteiger partial charge in [0, 0.05) is 34.9 Å². The predicted octanol–water partition coefficient (Wildman–Crippen LogP) is 7.02. The van der Waals surface area contributed by atoms with Gasteiger partial charge in [-0.3, -0.25) is 9.78 Å². The minimum absolute atomic E-state index is 0.383. The largest absolute Gasteiger partial charge is 0.416 e. The van der Waals surface area contributed by atoms with Gasteiger partial charge in [0.05, 0.1) is 5.56 Å². The van der Waals surface area contributed by atoms with Gasteiger partial charge in [-0.15, -0.1) is 0 Å². The molecular weight excluding hydrogens is 444 g/mol. The third-order valence-corrected chi connectivity index (χ3v) is 5.13. The molecule has 3 aromatic carbocycles. The van der Waals surface area contributed by atoms with E-state index in [1.807, 2.05) is 6.07 Å². The monoisotopic (exact) mass is 462 g/mol. The van der Waals surface area contributed by atoms with Crippen molar-refractivity contribution >= 4 is 27.9 Å². The number of carbonyl (C=O) groups is 1. The number of nitrogens with zero attached hydrogens (tertiary/aromatic N) is 1. The van der Waals surface area contributed by atoms with Crippen LogP contribution in [0.3, 0.4) is 0 Å². The molecular formula is C27H18F4N2O. The second-order valence-corrected chi connectivity index (χ2v) is 7.41. The fourth-order valence-corrected chi connectivity index (χ4v) is 3.47. The second-order valence-electron chi connectivity index (χ2n) is 7.41. The first-order valence-corrected chi connectivity index (χ1v) is 10.3. The lowest BCUT2D eigenvalue weighted by atomic mass is 9.96. The van der Waals surface area contributed by atoms with E-state index in [4.69, 9.17) is 0 Å². The highest BCUT2D eigenvalue weighted by Crippen LogP contribution is 2.31. The zero-order chi connectivity index (χ0) is 24.1. The maximum Gasteiger partial charge on any atom is 0.416 e. The third-order valence-electron chi connectivity index (χ3n) is 5.13. The molecule has 1 heterocycles. The number of amides is 1. The Morgan fingerprint density at radius 3 is 2.24 bits per heavy atom. The number of hydrogen-bond acceptors (Lipinski definition) is 2. The van der Waals surface area contributed by atoms with E-state index in [1.54, 1.807) is 36.7 Å². The summed E-state index contributed by atoms with van der Waals surface area (Å²) in [5.74, 6) is -0.817. The van der Waals surface area contributed by atoms with E-state index in [-0.39, 0.29) is 5.91 Å². The lowest BCUT2D eigenvalue weighted by Gasteiger charge is -2.11. The number of anilines is 1. The number of pyridine rings is 1. The Labute approximate surface area is 193 Å². The Hall–Kier alpha value is -4.26. The SMILES string of the molecule is O=C(/C=C/C=C(/c1ccc(F)cc1)c1ccc(C(F)(F)F)cc1)Nc1cccc2cnccc12. The van der Waals surface area contributed by atoms with E-state index in [2.05, 4.69) is 10.3 Å². The molecule has 0 aliphatic carbocycles. The Bertz CT molecular complexity index is 1370. The van der Waals surface area contributed by atoms with Gasteiger partial charge in [-0.25, -0.2) is 4.39 Å². The molecule has 34 heavy (non-hydrogen) atoms. The van der Waals surface area contributed by atoms with Gasteiger partial charge in [0.1, 0.15) is 5.82 Å². The number of hydrogen-bond donors (Lipinski definition) is 1. The van der Waals surface area contributed by atoms with Crippen LogP contribution in [-0.4, -0.2) is 10.9 Å². The van der Waals surface area contributed by atoms with E-state index in [1.165, 1.54) is 48.6 Å². The summed E-state index contributed by atoms with van der Waals surface area (Å²) in [4.78, 5) is 16.6. The molecule has 1 aromatic heterocycles. The van der Waals surface area contributed by atoms with Crippen LogP contribution in [0.25, 0.3) is 16.3 Å². The highest BCUT2D eigenvalue weighted by molar-refractivity contribution is 6.06. The molecule has 7 heteroatoms. The van der Waals surface area contributed by atoms with E-state index in [0.29, 0.717) is 22.4 Å². The number of benzene rings is 3. The Morgan fingerprint density at radius 2 is 1.56 bits per heavy atom. The van der Waals surface area contributed by atoms with Gasteiger partial charge in [0.2, 0.25) is 5.91 Å². The van der Waals surface area contributed by atoms with Crippen LogP contribution in [0.5, 0.6) is 0 Å². The third kappa shape index (κ3) is 5.38. The van der Waals surface area contributed by atoms with Crippen LogP contribution in [0.4, 0.5) is 23.2 Å². The highest BCUT2D eigenvalue weighted by Gasteiger charge is 2.30. The molecule has 0 unspecified atom stereocenters. The summed E-state index contributed by atoms with van der Waals surface area (Å²) in [5, 5.41) is 4.53. The van der Waals surface area contributed by atoms with Crippen LogP contribution in [0, 0.1) is 5.82 Å². The zero-order valence-corrected chi connectivity index (χ0v) is 17.7. The van der Waals surface area contributed by atoms with Crippen molar-refractivity contribution in [1.29, 1.82) is 0 Å². The molecule has 4 rings (SSSR count). The quantitative estimate of drug-likeness (QED) is 0.197. The lowest BCUT2D eigenvalue weighted by molar-refractivity contribution is -0.137. The number of alkyl halides is 3. The van der Waals surface area contributed by atoms with Crippen LogP contribution in [0.15, 0.2) is 103 Å². The number of carbonyl (C=O) groups excluding carboxylic acids is 1. The van der Waals surface area contributed by atoms with Gasteiger partial charge in [0.25, 0.3) is 0 Å². The van der Waals surface area contributed by atoms with Crippen molar-refractivity contribution in [3.05, 3.63) is 126 Å². The molecule has 0 fully saturated rings. The standard InChI is InChI=1S/C27H18F4N2O/c28-22-13-9-19(10-14-22)23(18-7-11-21(12-8-18)27(29,30)31)4-2-6-26(34)33-25-5-1-3-20-17-32-16-15-24(20)25/h1-17H,(H,33,34)/b6-2+,23-4+. The molecule has 0 atom stereocenters. The average Bonchev–Trinajstić information content (AvgIpc) is 2.82. The van der Waals surface area contributed by atoms with Crippen LogP contribution in [0.1, 0.15) is 16.7 Å². The Kier molecular flexibility index (Phi) is 6.54. The van der Waals surface area contributed by atoms with Crippen molar-refractivity contribution in [2.24, 2.45) is 0 Å². The van der Waals surface area contributed by atoms with Gasteiger partial charge in [0.15, 0.2) is 0 Å². The summed E-state index contributed by atoms with van der Waals surface area (Å²) in [7, 11) is 0. The van der Waals surface area contributed by atoms with Crippen LogP contribution >= 0.6 is 0 Å². The van der Waals surface area contributed by atoms with Gasteiger partial charge in [-0.1, -0.05) is 48.6 Å². The summed E-state index contributed by atoms with van der Waals surface area (Å²) >= 11 is 0. The molecule has 0 saturated carbocycles. The van der Waals surface area contributed by atoms with Crippen molar-refractivity contribution < 1.29 is 22.4 Å². The zero-order valence-electron chi connectivity index (χ0n) is 17.7. The van der Waals surface area contributed by atoms with Gasteiger partial charge >= 0.3 is 6.18 Å². The minimum Gasteiger partial charge on any atom is -0.322 e. The number of nitrogens with one attached hydrogen (secondary N) is 1. The highest BCUT2D eigenvalue weighted by atomic mass is 19.4. The van der Waals surface area contributed by atoms with Gasteiger partial charge < -0.3 is 5.32 Å². The number of halogens is 4. The van der Waals surface area contributed by atoms with Gasteiger partial charge in [-0.2, -0.15) is 13.2 Å². The molecule has 1 N–H and O–H groups in total. The van der Waals surface area contributed by atoms with Gasteiger partial charge in [-0.05, 0) is 53.1 Å². The first kappa shape index (κ1) is 22.9. The molecule has 0 spiro atoms. The molecule has 3 nitrogen and oxygen atoms in total.